The van der Waals surface area contributed by atoms with Crippen LogP contribution in [0.1, 0.15) is 10.4 Å². The van der Waals surface area contributed by atoms with Gasteiger partial charge in [0.15, 0.2) is 6.10 Å². The number of carbonyl (C=O) groups excluding carboxylic acids is 1. The largest absolute Gasteiger partial charge is 0.360 e. The number of ether oxygens (including phenoxy) is 1. The molecule has 1 aliphatic heterocycles. The molecule has 2 heterocycles. The van der Waals surface area contributed by atoms with E-state index >= 15 is 0 Å². The summed E-state index contributed by atoms with van der Waals surface area (Å²) in [6.45, 7) is 1.10. The number of amides is 1. The van der Waals surface area contributed by atoms with Crippen molar-refractivity contribution in [3.63, 3.8) is 0 Å². The summed E-state index contributed by atoms with van der Waals surface area (Å²) in [5, 5.41) is 10.8. The summed E-state index contributed by atoms with van der Waals surface area (Å²) >= 11 is 6.07. The van der Waals surface area contributed by atoms with Crippen molar-refractivity contribution in [2.45, 2.75) is 6.10 Å². The molecule has 1 amide bonds. The lowest BCUT2D eigenvalue weighted by Gasteiger charge is -2.30. The Kier molecular flexibility index (Phi) is 3.74. The van der Waals surface area contributed by atoms with Crippen LogP contribution >= 0.6 is 11.6 Å². The molecule has 1 aromatic heterocycles. The molecule has 0 aliphatic carbocycles. The van der Waals surface area contributed by atoms with Crippen LogP contribution in [-0.4, -0.2) is 41.6 Å². The van der Waals surface area contributed by atoms with Crippen molar-refractivity contribution in [2.75, 3.05) is 19.7 Å². The number of rotatable bonds is 1. The number of benzene rings is 1. The second-order valence-corrected chi connectivity index (χ2v) is 5.11. The predicted molar refractivity (Wildman–Crippen MR) is 78.0 cm³/mol. The third kappa shape index (κ3) is 2.56. The van der Waals surface area contributed by atoms with E-state index in [9.17, 15) is 4.79 Å². The molecule has 0 radical (unpaired) electrons. The van der Waals surface area contributed by atoms with Crippen molar-refractivity contribution in [3.05, 3.63) is 41.2 Å². The average Bonchev–Trinajstić information content (AvgIpc) is 2.55. The lowest BCUT2D eigenvalue weighted by molar-refractivity contribution is 0.00354. The Morgan fingerprint density at radius 2 is 2.19 bits per heavy atom. The number of halogens is 1. The van der Waals surface area contributed by atoms with Gasteiger partial charge in [0.1, 0.15) is 5.15 Å². The van der Waals surface area contributed by atoms with Gasteiger partial charge in [-0.2, -0.15) is 5.26 Å². The van der Waals surface area contributed by atoms with Crippen LogP contribution in [0.3, 0.4) is 0 Å². The van der Waals surface area contributed by atoms with Gasteiger partial charge in [-0.05, 0) is 5.39 Å². The van der Waals surface area contributed by atoms with Gasteiger partial charge in [-0.3, -0.25) is 4.79 Å². The zero-order valence-corrected chi connectivity index (χ0v) is 11.9. The normalized spacial score (nSPS) is 18.5. The number of nitriles is 1. The molecule has 1 aromatic carbocycles. The summed E-state index contributed by atoms with van der Waals surface area (Å²) in [5.41, 5.74) is 0.494. The Bertz CT molecular complexity index is 741. The summed E-state index contributed by atoms with van der Waals surface area (Å²) in [5.74, 6) is -0.154. The van der Waals surface area contributed by atoms with Gasteiger partial charge >= 0.3 is 0 Å². The topological polar surface area (TPSA) is 66.2 Å². The van der Waals surface area contributed by atoms with E-state index in [0.717, 1.165) is 10.8 Å². The summed E-state index contributed by atoms with van der Waals surface area (Å²) in [6, 6.07) is 9.42. The molecular formula is C15H12ClN3O2. The second kappa shape index (κ2) is 5.68. The van der Waals surface area contributed by atoms with Gasteiger partial charge in [0, 0.05) is 18.1 Å². The molecule has 0 spiro atoms. The Morgan fingerprint density at radius 1 is 1.43 bits per heavy atom. The molecule has 1 saturated heterocycles. The molecule has 0 saturated carbocycles. The molecule has 3 rings (SSSR count). The molecule has 6 heteroatoms. The van der Waals surface area contributed by atoms with Crippen molar-refractivity contribution in [1.82, 2.24) is 9.88 Å². The SMILES string of the molecule is N#CC1CN(C(=O)c2cnc(Cl)c3ccccc23)CCO1. The first kappa shape index (κ1) is 13.8. The molecular weight excluding hydrogens is 290 g/mol. The maximum absolute atomic E-state index is 12.7. The van der Waals surface area contributed by atoms with Gasteiger partial charge in [-0.1, -0.05) is 35.9 Å². The third-order valence-electron chi connectivity index (χ3n) is 3.47. The molecule has 106 valence electrons. The monoisotopic (exact) mass is 301 g/mol. The van der Waals surface area contributed by atoms with E-state index in [-0.39, 0.29) is 12.5 Å². The molecule has 1 unspecified atom stereocenters. The van der Waals surface area contributed by atoms with Crippen LogP contribution < -0.4 is 0 Å². The number of nitrogens with zero attached hydrogens (tertiary/aromatic N) is 3. The maximum atomic E-state index is 12.7. The molecule has 2 aromatic rings. The minimum absolute atomic E-state index is 0.154. The number of morpholine rings is 1. The number of fused-ring (bicyclic) bond motifs is 1. The first-order valence-corrected chi connectivity index (χ1v) is 6.92. The fraction of sp³-hybridized carbons (Fsp3) is 0.267. The molecule has 0 N–H and O–H groups in total. The Labute approximate surface area is 126 Å². The lowest BCUT2D eigenvalue weighted by Crippen LogP contribution is -2.45. The van der Waals surface area contributed by atoms with E-state index in [0.29, 0.717) is 23.9 Å². The fourth-order valence-electron chi connectivity index (χ4n) is 2.41. The van der Waals surface area contributed by atoms with E-state index in [1.165, 1.54) is 6.20 Å². The minimum Gasteiger partial charge on any atom is -0.360 e. The number of aromatic nitrogens is 1. The Balaban J connectivity index is 1.99. The summed E-state index contributed by atoms with van der Waals surface area (Å²) in [7, 11) is 0. The number of pyridine rings is 1. The molecule has 5 nitrogen and oxygen atoms in total. The van der Waals surface area contributed by atoms with E-state index < -0.39 is 6.10 Å². The number of hydrogen-bond acceptors (Lipinski definition) is 4. The van der Waals surface area contributed by atoms with Crippen molar-refractivity contribution >= 4 is 28.3 Å². The average molecular weight is 302 g/mol. The fourth-order valence-corrected chi connectivity index (χ4v) is 2.62. The van der Waals surface area contributed by atoms with Crippen LogP contribution in [-0.2, 0) is 4.74 Å². The van der Waals surface area contributed by atoms with Crippen molar-refractivity contribution in [3.8, 4) is 6.07 Å². The predicted octanol–water partition coefficient (Wildman–Crippen LogP) is 2.25. The smallest absolute Gasteiger partial charge is 0.256 e. The van der Waals surface area contributed by atoms with Gasteiger partial charge in [-0.15, -0.1) is 0 Å². The summed E-state index contributed by atoms with van der Waals surface area (Å²) in [6.07, 6.45) is 0.915. The van der Waals surface area contributed by atoms with Crippen LogP contribution in [0.25, 0.3) is 10.8 Å². The van der Waals surface area contributed by atoms with Crippen LogP contribution in [0, 0.1) is 11.3 Å². The van der Waals surface area contributed by atoms with Crippen LogP contribution in [0.4, 0.5) is 0 Å². The van der Waals surface area contributed by atoms with Crippen molar-refractivity contribution in [1.29, 1.82) is 5.26 Å². The maximum Gasteiger partial charge on any atom is 0.256 e. The van der Waals surface area contributed by atoms with Gasteiger partial charge in [0.05, 0.1) is 24.8 Å². The standard InChI is InChI=1S/C15H12ClN3O2/c16-14-12-4-2-1-3-11(12)13(8-18-14)15(20)19-5-6-21-10(7-17)9-19/h1-4,8,10H,5-6,9H2. The Morgan fingerprint density at radius 3 is 2.95 bits per heavy atom. The first-order chi connectivity index (χ1) is 10.2. The van der Waals surface area contributed by atoms with E-state index in [1.807, 2.05) is 30.3 Å². The zero-order chi connectivity index (χ0) is 14.8. The zero-order valence-electron chi connectivity index (χ0n) is 11.1. The van der Waals surface area contributed by atoms with Gasteiger partial charge in [0.2, 0.25) is 0 Å². The highest BCUT2D eigenvalue weighted by atomic mass is 35.5. The van der Waals surface area contributed by atoms with E-state index in [4.69, 9.17) is 21.6 Å². The van der Waals surface area contributed by atoms with Crippen LogP contribution in [0.5, 0.6) is 0 Å². The van der Waals surface area contributed by atoms with E-state index in [2.05, 4.69) is 4.98 Å². The van der Waals surface area contributed by atoms with Crippen molar-refractivity contribution in [2.24, 2.45) is 0 Å². The lowest BCUT2D eigenvalue weighted by atomic mass is 10.1. The van der Waals surface area contributed by atoms with Crippen LogP contribution in [0.2, 0.25) is 5.15 Å². The first-order valence-electron chi connectivity index (χ1n) is 6.54. The highest BCUT2D eigenvalue weighted by Crippen LogP contribution is 2.25. The quantitative estimate of drug-likeness (QED) is 0.758. The van der Waals surface area contributed by atoms with Crippen molar-refractivity contribution < 1.29 is 9.53 Å². The van der Waals surface area contributed by atoms with Gasteiger partial charge < -0.3 is 9.64 Å². The highest BCUT2D eigenvalue weighted by Gasteiger charge is 2.26. The third-order valence-corrected chi connectivity index (χ3v) is 3.78. The summed E-state index contributed by atoms with van der Waals surface area (Å²) < 4.78 is 5.26. The molecule has 1 fully saturated rings. The van der Waals surface area contributed by atoms with Gasteiger partial charge in [0.25, 0.3) is 5.91 Å². The number of hydrogen-bond donors (Lipinski definition) is 0. The highest BCUT2D eigenvalue weighted by molar-refractivity contribution is 6.34. The van der Waals surface area contributed by atoms with Gasteiger partial charge in [-0.25, -0.2) is 4.98 Å². The van der Waals surface area contributed by atoms with E-state index in [1.54, 1.807) is 4.90 Å². The molecule has 1 aliphatic rings. The second-order valence-electron chi connectivity index (χ2n) is 4.75. The molecule has 0 bridgehead atoms. The summed E-state index contributed by atoms with van der Waals surface area (Å²) in [4.78, 5) is 18.4. The molecule has 1 atom stereocenters. The minimum atomic E-state index is -0.575. The number of carbonyl (C=O) groups is 1. The molecule has 21 heavy (non-hydrogen) atoms. The Hall–Kier alpha value is -2.16. The van der Waals surface area contributed by atoms with Crippen LogP contribution in [0.15, 0.2) is 30.5 Å².